The van der Waals surface area contributed by atoms with Crippen molar-refractivity contribution in [1.82, 2.24) is 0 Å². The Labute approximate surface area is 229 Å². The molecule has 0 N–H and O–H groups in total. The van der Waals surface area contributed by atoms with E-state index < -0.39 is 16.1 Å². The summed E-state index contributed by atoms with van der Waals surface area (Å²) in [5.41, 5.74) is 0. The molecule has 0 aromatic rings. The topological polar surface area (TPSA) is 35.5 Å². The molecule has 0 atom stereocenters. The Morgan fingerprint density at radius 1 is 0.417 bits per heavy atom. The number of hydrogen-bond donors (Lipinski definition) is 0. The SMILES string of the molecule is CC(C)CCCCC[O][Ti](=[O])([CH2]CCCCC(C)C)([CH2]CCCCC(C)C)[O]CCCCCC(C)C. The van der Waals surface area contributed by atoms with E-state index in [1.807, 2.05) is 0 Å². The van der Waals surface area contributed by atoms with E-state index in [1.165, 1.54) is 64.2 Å². The summed E-state index contributed by atoms with van der Waals surface area (Å²) < 4.78 is 29.3. The van der Waals surface area contributed by atoms with Gasteiger partial charge in [-0.25, -0.2) is 0 Å². The number of unbranched alkanes of at least 4 members (excludes halogenated alkanes) is 8. The zero-order chi connectivity index (χ0) is 27.3. The quantitative estimate of drug-likeness (QED) is 0.0796. The molecule has 0 bridgehead atoms. The van der Waals surface area contributed by atoms with E-state index in [0.717, 1.165) is 62.2 Å². The third-order valence-electron chi connectivity index (χ3n) is 7.58. The van der Waals surface area contributed by atoms with Crippen molar-refractivity contribution >= 4 is 0 Å². The molecule has 0 aliphatic heterocycles. The fourth-order valence-electron chi connectivity index (χ4n) is 5.11. The second-order valence-corrected chi connectivity index (χ2v) is 20.3. The van der Waals surface area contributed by atoms with Crippen LogP contribution in [0.2, 0.25) is 9.45 Å². The van der Waals surface area contributed by atoms with Crippen LogP contribution in [-0.4, -0.2) is 13.2 Å². The summed E-state index contributed by atoms with van der Waals surface area (Å²) in [6.07, 6.45) is 18.6. The molecule has 0 rings (SSSR count). The maximum atomic E-state index is 14.9. The van der Waals surface area contributed by atoms with Crippen molar-refractivity contribution in [3.63, 3.8) is 0 Å². The molecule has 0 aromatic carbocycles. The monoisotopic (exact) mass is 548 g/mol. The van der Waals surface area contributed by atoms with E-state index in [-0.39, 0.29) is 0 Å². The van der Waals surface area contributed by atoms with Gasteiger partial charge in [-0.2, -0.15) is 0 Å². The van der Waals surface area contributed by atoms with E-state index in [4.69, 9.17) is 6.64 Å². The Kier molecular flexibility index (Phi) is 21.5. The van der Waals surface area contributed by atoms with Crippen LogP contribution < -0.4 is 0 Å². The van der Waals surface area contributed by atoms with Crippen LogP contribution in [0.15, 0.2) is 0 Å². The predicted octanol–water partition coefficient (Wildman–Crippen LogP) is 11.6. The predicted molar refractivity (Wildman–Crippen MR) is 155 cm³/mol. The standard InChI is InChI=1S/2C8H17O.2C8H17.O.Ti/c2*1-8(2)6-4-3-5-7-9;2*1-4-5-6-7-8(2)3;;/h2*8H,3-7H2,1-2H3;2*8H,1,4-7H2,2-3H3;;/q2*-1;;;;+2. The molecular formula is C32H68O3Ti. The van der Waals surface area contributed by atoms with Crippen LogP contribution >= 0.6 is 0 Å². The first-order valence-corrected chi connectivity index (χ1v) is 20.3. The van der Waals surface area contributed by atoms with Crippen LogP contribution in [0.25, 0.3) is 0 Å². The zero-order valence-corrected chi connectivity index (χ0v) is 27.7. The van der Waals surface area contributed by atoms with Crippen molar-refractivity contribution in [3.8, 4) is 0 Å². The fourth-order valence-corrected chi connectivity index (χ4v) is 11.3. The minimum atomic E-state index is -4.70. The van der Waals surface area contributed by atoms with Crippen molar-refractivity contribution in [3.05, 3.63) is 0 Å². The average molecular weight is 549 g/mol. The fraction of sp³-hybridized carbons (Fsp3) is 1.00. The summed E-state index contributed by atoms with van der Waals surface area (Å²) in [5, 5.41) is 0. The Morgan fingerprint density at radius 3 is 0.972 bits per heavy atom. The van der Waals surface area contributed by atoms with E-state index in [1.54, 1.807) is 0 Å². The molecule has 218 valence electrons. The third-order valence-corrected chi connectivity index (χ3v) is 14.4. The van der Waals surface area contributed by atoms with Gasteiger partial charge in [0, 0.05) is 0 Å². The molecule has 0 radical (unpaired) electrons. The Morgan fingerprint density at radius 2 is 0.694 bits per heavy atom. The van der Waals surface area contributed by atoms with Gasteiger partial charge in [0.2, 0.25) is 0 Å². The first-order chi connectivity index (χ1) is 17.0. The van der Waals surface area contributed by atoms with E-state index in [2.05, 4.69) is 55.4 Å². The van der Waals surface area contributed by atoms with Gasteiger partial charge in [-0.15, -0.1) is 0 Å². The molecule has 0 fully saturated rings. The van der Waals surface area contributed by atoms with Crippen LogP contribution in [0.5, 0.6) is 0 Å². The number of rotatable bonds is 26. The minimum absolute atomic E-state index is 0.615. The summed E-state index contributed by atoms with van der Waals surface area (Å²) in [7, 11) is 0. The van der Waals surface area contributed by atoms with Crippen molar-refractivity contribution in [1.29, 1.82) is 0 Å². The van der Waals surface area contributed by atoms with Crippen LogP contribution in [0.1, 0.15) is 158 Å². The normalized spacial score (nSPS) is 13.1. The first kappa shape index (κ1) is 36.4. The van der Waals surface area contributed by atoms with Gasteiger partial charge in [0.05, 0.1) is 0 Å². The van der Waals surface area contributed by atoms with Crippen molar-refractivity contribution < 1.29 is 26.0 Å². The molecular weight excluding hydrogens is 480 g/mol. The van der Waals surface area contributed by atoms with Gasteiger partial charge >= 0.3 is 230 Å². The summed E-state index contributed by atoms with van der Waals surface area (Å²) >= 11 is -4.70. The van der Waals surface area contributed by atoms with Crippen LogP contribution in [0, 0.1) is 23.7 Å². The molecule has 0 saturated heterocycles. The molecule has 4 heteroatoms. The van der Waals surface area contributed by atoms with Gasteiger partial charge < -0.3 is 0 Å². The van der Waals surface area contributed by atoms with Gasteiger partial charge in [0.15, 0.2) is 0 Å². The molecule has 0 heterocycles. The third kappa shape index (κ3) is 21.4. The van der Waals surface area contributed by atoms with Crippen molar-refractivity contribution in [2.75, 3.05) is 13.2 Å². The molecule has 0 unspecified atom stereocenters. The van der Waals surface area contributed by atoms with Crippen LogP contribution in [0.4, 0.5) is 0 Å². The van der Waals surface area contributed by atoms with Gasteiger partial charge in [0.1, 0.15) is 0 Å². The Bertz CT molecular complexity index is 506. The van der Waals surface area contributed by atoms with E-state index >= 15 is 0 Å². The Hall–Kier alpha value is 0.434. The van der Waals surface area contributed by atoms with E-state index in [0.29, 0.717) is 22.7 Å². The molecule has 3 nitrogen and oxygen atoms in total. The number of hydrogen-bond acceptors (Lipinski definition) is 3. The second kappa shape index (κ2) is 21.3. The molecule has 0 aromatic heterocycles. The van der Waals surface area contributed by atoms with Crippen LogP contribution in [0.3, 0.4) is 0 Å². The molecule has 0 aliphatic rings. The zero-order valence-electron chi connectivity index (χ0n) is 26.2. The summed E-state index contributed by atoms with van der Waals surface area (Å²) in [4.78, 5) is 0. The molecule has 0 saturated carbocycles. The first-order valence-electron chi connectivity index (χ1n) is 16.1. The molecule has 36 heavy (non-hydrogen) atoms. The van der Waals surface area contributed by atoms with Crippen molar-refractivity contribution in [2.24, 2.45) is 23.7 Å². The summed E-state index contributed by atoms with van der Waals surface area (Å²) in [6, 6.07) is 0. The second-order valence-electron chi connectivity index (χ2n) is 13.5. The summed E-state index contributed by atoms with van der Waals surface area (Å²) in [6.45, 7) is 19.6. The molecule has 0 spiro atoms. The van der Waals surface area contributed by atoms with Crippen molar-refractivity contribution in [2.45, 2.75) is 168 Å². The molecule has 0 amide bonds. The summed E-state index contributed by atoms with van der Waals surface area (Å²) in [5.74, 6) is 2.99. The maximum absolute atomic E-state index is 14.9. The van der Waals surface area contributed by atoms with Gasteiger partial charge in [-0.05, 0) is 0 Å². The van der Waals surface area contributed by atoms with Crippen LogP contribution in [-0.2, 0) is 26.0 Å². The van der Waals surface area contributed by atoms with Gasteiger partial charge in [-0.3, -0.25) is 0 Å². The van der Waals surface area contributed by atoms with E-state index in [9.17, 15) is 3.32 Å². The van der Waals surface area contributed by atoms with Gasteiger partial charge in [0.25, 0.3) is 0 Å². The molecule has 0 aliphatic carbocycles. The Balaban J connectivity index is 5.15. The van der Waals surface area contributed by atoms with Gasteiger partial charge in [-0.1, -0.05) is 0 Å². The average Bonchev–Trinajstić information content (AvgIpc) is 2.77.